The van der Waals surface area contributed by atoms with E-state index in [0.29, 0.717) is 5.69 Å². The Hall–Kier alpha value is -0.810. The lowest BCUT2D eigenvalue weighted by Crippen LogP contribution is -2.30. The molecule has 0 bridgehead atoms. The average molecular weight is 300 g/mol. The van der Waals surface area contributed by atoms with Crippen LogP contribution in [0.4, 0.5) is 11.4 Å². The van der Waals surface area contributed by atoms with E-state index in [1.54, 1.807) is 12.4 Å². The van der Waals surface area contributed by atoms with Crippen molar-refractivity contribution in [3.8, 4) is 0 Å². The third kappa shape index (κ3) is 2.72. The standard InChI is InChI=1S/C12H18BrN3O/c13-9-5-15-6-10(14)11(9)16-7-12(8-17)3-1-2-4-12/h5-6,17H,1-4,7-8,14H2,(H,15,16). The van der Waals surface area contributed by atoms with E-state index >= 15 is 0 Å². The van der Waals surface area contributed by atoms with Gasteiger partial charge in [-0.2, -0.15) is 0 Å². The van der Waals surface area contributed by atoms with Crippen LogP contribution in [-0.4, -0.2) is 23.2 Å². The number of aliphatic hydroxyl groups excluding tert-OH is 1. The molecule has 4 N–H and O–H groups in total. The summed E-state index contributed by atoms with van der Waals surface area (Å²) in [5.41, 5.74) is 7.40. The minimum Gasteiger partial charge on any atom is -0.396 e. The summed E-state index contributed by atoms with van der Waals surface area (Å²) in [5.74, 6) is 0. The molecule has 1 aliphatic rings. The van der Waals surface area contributed by atoms with Crippen LogP contribution in [0.5, 0.6) is 0 Å². The van der Waals surface area contributed by atoms with E-state index in [2.05, 4.69) is 26.2 Å². The van der Waals surface area contributed by atoms with Crippen LogP contribution in [0.3, 0.4) is 0 Å². The van der Waals surface area contributed by atoms with Crippen molar-refractivity contribution < 1.29 is 5.11 Å². The van der Waals surface area contributed by atoms with Crippen molar-refractivity contribution in [1.29, 1.82) is 0 Å². The van der Waals surface area contributed by atoms with Crippen LogP contribution < -0.4 is 11.1 Å². The van der Waals surface area contributed by atoms with Crippen molar-refractivity contribution in [3.05, 3.63) is 16.9 Å². The summed E-state index contributed by atoms with van der Waals surface area (Å²) in [4.78, 5) is 4.00. The normalized spacial score (nSPS) is 18.2. The highest BCUT2D eigenvalue weighted by atomic mass is 79.9. The number of aromatic nitrogens is 1. The van der Waals surface area contributed by atoms with Gasteiger partial charge in [-0.05, 0) is 28.8 Å². The summed E-state index contributed by atoms with van der Waals surface area (Å²) in [7, 11) is 0. The Morgan fingerprint density at radius 2 is 2.12 bits per heavy atom. The fourth-order valence-corrected chi connectivity index (χ4v) is 2.92. The van der Waals surface area contributed by atoms with Crippen LogP contribution in [-0.2, 0) is 0 Å². The van der Waals surface area contributed by atoms with Gasteiger partial charge in [-0.25, -0.2) is 0 Å². The molecule has 0 saturated heterocycles. The van der Waals surface area contributed by atoms with Crippen LogP contribution in [0.2, 0.25) is 0 Å². The predicted molar refractivity (Wildman–Crippen MR) is 72.8 cm³/mol. The van der Waals surface area contributed by atoms with Gasteiger partial charge in [0.25, 0.3) is 0 Å². The Kier molecular flexibility index (Phi) is 3.89. The minimum atomic E-state index is 0.0230. The molecule has 0 atom stereocenters. The number of aliphatic hydroxyl groups is 1. The Labute approximate surface area is 110 Å². The van der Waals surface area contributed by atoms with Gasteiger partial charge in [0.15, 0.2) is 0 Å². The number of nitrogens with one attached hydrogen (secondary N) is 1. The van der Waals surface area contributed by atoms with Crippen molar-refractivity contribution >= 4 is 27.3 Å². The van der Waals surface area contributed by atoms with E-state index in [0.717, 1.165) is 29.5 Å². The summed E-state index contributed by atoms with van der Waals surface area (Å²) in [6.07, 6.45) is 7.93. The molecule has 1 fully saturated rings. The van der Waals surface area contributed by atoms with Gasteiger partial charge in [-0.15, -0.1) is 0 Å². The highest BCUT2D eigenvalue weighted by Gasteiger charge is 2.33. The second kappa shape index (κ2) is 5.23. The molecular formula is C12H18BrN3O. The van der Waals surface area contributed by atoms with Crippen molar-refractivity contribution in [3.63, 3.8) is 0 Å². The lowest BCUT2D eigenvalue weighted by atomic mass is 9.87. The number of halogens is 1. The lowest BCUT2D eigenvalue weighted by Gasteiger charge is -2.27. The van der Waals surface area contributed by atoms with Gasteiger partial charge in [-0.1, -0.05) is 12.8 Å². The number of hydrogen-bond acceptors (Lipinski definition) is 4. The van der Waals surface area contributed by atoms with Gasteiger partial charge in [-0.3, -0.25) is 4.98 Å². The molecule has 1 aliphatic carbocycles. The van der Waals surface area contributed by atoms with Gasteiger partial charge in [0, 0.05) is 18.2 Å². The van der Waals surface area contributed by atoms with Crippen LogP contribution >= 0.6 is 15.9 Å². The smallest absolute Gasteiger partial charge is 0.0750 e. The number of nitrogens with zero attached hydrogens (tertiary/aromatic N) is 1. The number of rotatable bonds is 4. The molecule has 0 amide bonds. The highest BCUT2D eigenvalue weighted by molar-refractivity contribution is 9.10. The summed E-state index contributed by atoms with van der Waals surface area (Å²) in [5, 5.41) is 12.9. The fourth-order valence-electron chi connectivity index (χ4n) is 2.43. The molecule has 1 saturated carbocycles. The Bertz CT molecular complexity index is 371. The van der Waals surface area contributed by atoms with Crippen LogP contribution in [0, 0.1) is 5.41 Å². The summed E-state index contributed by atoms with van der Waals surface area (Å²) >= 11 is 3.43. The third-order valence-electron chi connectivity index (χ3n) is 3.57. The number of pyridine rings is 1. The molecule has 1 heterocycles. The average Bonchev–Trinajstić information content (AvgIpc) is 2.78. The fraction of sp³-hybridized carbons (Fsp3) is 0.583. The molecule has 0 radical (unpaired) electrons. The SMILES string of the molecule is Nc1cncc(Br)c1NCC1(CO)CCCC1. The van der Waals surface area contributed by atoms with E-state index in [1.165, 1.54) is 12.8 Å². The summed E-state index contributed by atoms with van der Waals surface area (Å²) in [6, 6.07) is 0. The Morgan fingerprint density at radius 3 is 2.71 bits per heavy atom. The van der Waals surface area contributed by atoms with Crippen molar-refractivity contribution in [2.45, 2.75) is 25.7 Å². The molecule has 5 heteroatoms. The highest BCUT2D eigenvalue weighted by Crippen LogP contribution is 2.38. The molecule has 4 nitrogen and oxygen atoms in total. The zero-order valence-corrected chi connectivity index (χ0v) is 11.3. The largest absolute Gasteiger partial charge is 0.396 e. The van der Waals surface area contributed by atoms with Gasteiger partial charge >= 0.3 is 0 Å². The minimum absolute atomic E-state index is 0.0230. The molecule has 17 heavy (non-hydrogen) atoms. The Morgan fingerprint density at radius 1 is 1.41 bits per heavy atom. The molecule has 0 unspecified atom stereocenters. The molecule has 94 valence electrons. The summed E-state index contributed by atoms with van der Waals surface area (Å²) in [6.45, 7) is 0.999. The second-order valence-corrected chi connectivity index (χ2v) is 5.66. The maximum Gasteiger partial charge on any atom is 0.0750 e. The van der Waals surface area contributed by atoms with E-state index in [4.69, 9.17) is 5.73 Å². The maximum atomic E-state index is 9.54. The quantitative estimate of drug-likeness (QED) is 0.798. The van der Waals surface area contributed by atoms with E-state index < -0.39 is 0 Å². The van der Waals surface area contributed by atoms with E-state index in [9.17, 15) is 5.11 Å². The molecular weight excluding hydrogens is 282 g/mol. The monoisotopic (exact) mass is 299 g/mol. The predicted octanol–water partition coefficient (Wildman–Crippen LogP) is 2.39. The zero-order chi connectivity index (χ0) is 12.3. The molecule has 0 aliphatic heterocycles. The Balaban J connectivity index is 2.06. The molecule has 2 rings (SSSR count). The van der Waals surface area contributed by atoms with E-state index in [-0.39, 0.29) is 12.0 Å². The maximum absolute atomic E-state index is 9.54. The summed E-state index contributed by atoms with van der Waals surface area (Å²) < 4.78 is 0.864. The number of anilines is 2. The van der Waals surface area contributed by atoms with Crippen LogP contribution in [0.15, 0.2) is 16.9 Å². The van der Waals surface area contributed by atoms with Gasteiger partial charge < -0.3 is 16.2 Å². The first kappa shape index (κ1) is 12.6. The molecule has 0 aromatic carbocycles. The third-order valence-corrected chi connectivity index (χ3v) is 4.17. The number of hydrogen-bond donors (Lipinski definition) is 3. The first-order valence-corrected chi connectivity index (χ1v) is 6.70. The first-order chi connectivity index (χ1) is 8.17. The molecule has 0 spiro atoms. The number of nitrogens with two attached hydrogens (primary N) is 1. The van der Waals surface area contributed by atoms with E-state index in [1.807, 2.05) is 0 Å². The first-order valence-electron chi connectivity index (χ1n) is 5.91. The van der Waals surface area contributed by atoms with Gasteiger partial charge in [0.1, 0.15) is 0 Å². The number of nitrogen functional groups attached to an aromatic ring is 1. The topological polar surface area (TPSA) is 71.2 Å². The van der Waals surface area contributed by atoms with Gasteiger partial charge in [0.2, 0.25) is 0 Å². The molecule has 1 aromatic heterocycles. The van der Waals surface area contributed by atoms with Gasteiger partial charge in [0.05, 0.1) is 28.7 Å². The van der Waals surface area contributed by atoms with Crippen molar-refractivity contribution in [1.82, 2.24) is 4.98 Å². The zero-order valence-electron chi connectivity index (χ0n) is 9.75. The van der Waals surface area contributed by atoms with Crippen LogP contribution in [0.25, 0.3) is 0 Å². The molecule has 1 aromatic rings. The lowest BCUT2D eigenvalue weighted by molar-refractivity contribution is 0.142. The van der Waals surface area contributed by atoms with Crippen LogP contribution in [0.1, 0.15) is 25.7 Å². The second-order valence-electron chi connectivity index (χ2n) is 4.80. The van der Waals surface area contributed by atoms with Crippen molar-refractivity contribution in [2.75, 3.05) is 24.2 Å². The van der Waals surface area contributed by atoms with Crippen molar-refractivity contribution in [2.24, 2.45) is 5.41 Å².